The van der Waals surface area contributed by atoms with Crippen LogP contribution in [0.4, 0.5) is 0 Å². The summed E-state index contributed by atoms with van der Waals surface area (Å²) in [5, 5.41) is 9.78. The first-order valence-corrected chi connectivity index (χ1v) is 8.53. The van der Waals surface area contributed by atoms with Crippen LogP contribution in [0, 0.1) is 18.3 Å². The molecule has 0 aliphatic carbocycles. The third kappa shape index (κ3) is 3.70. The molecule has 0 saturated heterocycles. The van der Waals surface area contributed by atoms with E-state index in [0.29, 0.717) is 35.7 Å². The van der Waals surface area contributed by atoms with E-state index >= 15 is 0 Å². The Bertz CT molecular complexity index is 1030. The summed E-state index contributed by atoms with van der Waals surface area (Å²) in [4.78, 5) is 14.8. The minimum absolute atomic E-state index is 0.202. The first-order chi connectivity index (χ1) is 13.1. The molecule has 0 aliphatic heterocycles. The van der Waals surface area contributed by atoms with E-state index in [1.807, 2.05) is 25.1 Å². The highest BCUT2D eigenvalue weighted by atomic mass is 16.5. The molecule has 3 aromatic rings. The van der Waals surface area contributed by atoms with Gasteiger partial charge in [0.15, 0.2) is 5.76 Å². The van der Waals surface area contributed by atoms with Crippen LogP contribution in [-0.2, 0) is 6.54 Å². The molecule has 0 saturated carbocycles. The minimum Gasteiger partial charge on any atom is -0.497 e. The van der Waals surface area contributed by atoms with Crippen molar-refractivity contribution in [3.05, 3.63) is 77.6 Å². The zero-order valence-electron chi connectivity index (χ0n) is 15.4. The van der Waals surface area contributed by atoms with Crippen LogP contribution in [-0.4, -0.2) is 24.5 Å². The SMILES string of the molecule is C=CCN(Cc1ccc(C#N)cc1)C(=O)c1oc2ccc(OC)cc2c1C. The molecule has 27 heavy (non-hydrogen) atoms. The molecule has 0 fully saturated rings. The third-order valence-corrected chi connectivity index (χ3v) is 4.43. The molecule has 1 amide bonds. The van der Waals surface area contributed by atoms with E-state index in [2.05, 4.69) is 12.6 Å². The van der Waals surface area contributed by atoms with E-state index in [4.69, 9.17) is 14.4 Å². The van der Waals surface area contributed by atoms with Gasteiger partial charge in [0.1, 0.15) is 11.3 Å². The number of methoxy groups -OCH3 is 1. The molecule has 0 bridgehead atoms. The molecular formula is C22H20N2O3. The van der Waals surface area contributed by atoms with Crippen molar-refractivity contribution >= 4 is 16.9 Å². The molecule has 136 valence electrons. The summed E-state index contributed by atoms with van der Waals surface area (Å²) in [5.41, 5.74) is 2.94. The second kappa shape index (κ2) is 7.79. The van der Waals surface area contributed by atoms with Crippen LogP contribution in [0.3, 0.4) is 0 Å². The van der Waals surface area contributed by atoms with E-state index in [9.17, 15) is 4.79 Å². The molecule has 2 aromatic carbocycles. The van der Waals surface area contributed by atoms with Gasteiger partial charge in [0.2, 0.25) is 0 Å². The summed E-state index contributed by atoms with van der Waals surface area (Å²) < 4.78 is 11.1. The Labute approximate surface area is 158 Å². The third-order valence-electron chi connectivity index (χ3n) is 4.43. The Kier molecular flexibility index (Phi) is 5.28. The quantitative estimate of drug-likeness (QED) is 0.609. The van der Waals surface area contributed by atoms with Gasteiger partial charge in [-0.05, 0) is 42.8 Å². The van der Waals surface area contributed by atoms with Crippen LogP contribution >= 0.6 is 0 Å². The number of nitrogens with zero attached hydrogens (tertiary/aromatic N) is 2. The number of hydrogen-bond donors (Lipinski definition) is 0. The first-order valence-electron chi connectivity index (χ1n) is 8.53. The predicted octanol–water partition coefficient (Wildman–Crippen LogP) is 4.45. The molecule has 5 nitrogen and oxygen atoms in total. The number of amides is 1. The number of benzene rings is 2. The summed E-state index contributed by atoms with van der Waals surface area (Å²) >= 11 is 0. The number of hydrogen-bond acceptors (Lipinski definition) is 4. The van der Waals surface area contributed by atoms with Crippen LogP contribution in [0.25, 0.3) is 11.0 Å². The maximum absolute atomic E-state index is 13.1. The molecule has 1 aromatic heterocycles. The van der Waals surface area contributed by atoms with Gasteiger partial charge in [0.05, 0.1) is 18.7 Å². The summed E-state index contributed by atoms with van der Waals surface area (Å²) in [6.45, 7) is 6.40. The Morgan fingerprint density at radius 3 is 2.67 bits per heavy atom. The maximum atomic E-state index is 13.1. The van der Waals surface area contributed by atoms with Crippen molar-refractivity contribution in [1.82, 2.24) is 4.90 Å². The minimum atomic E-state index is -0.202. The Hall–Kier alpha value is -3.52. The first kappa shape index (κ1) is 18.3. The van der Waals surface area contributed by atoms with Gasteiger partial charge in [-0.3, -0.25) is 4.79 Å². The lowest BCUT2D eigenvalue weighted by Gasteiger charge is -2.20. The molecule has 0 N–H and O–H groups in total. The topological polar surface area (TPSA) is 66.5 Å². The standard InChI is InChI=1S/C22H20N2O3/c1-4-11-24(14-17-7-5-16(13-23)6-8-17)22(25)21-15(2)19-12-18(26-3)9-10-20(19)27-21/h4-10,12H,1,11,14H2,2-3H3. The molecule has 0 aliphatic rings. The van der Waals surface area contributed by atoms with Gasteiger partial charge in [-0.2, -0.15) is 5.26 Å². The predicted molar refractivity (Wildman–Crippen MR) is 104 cm³/mol. The van der Waals surface area contributed by atoms with E-state index in [1.165, 1.54) is 0 Å². The van der Waals surface area contributed by atoms with Crippen LogP contribution in [0.1, 0.15) is 27.2 Å². The van der Waals surface area contributed by atoms with Gasteiger partial charge in [0, 0.05) is 24.0 Å². The molecule has 3 rings (SSSR count). The van der Waals surface area contributed by atoms with E-state index in [-0.39, 0.29) is 5.91 Å². The van der Waals surface area contributed by atoms with Gasteiger partial charge in [-0.25, -0.2) is 0 Å². The highest BCUT2D eigenvalue weighted by molar-refractivity contribution is 5.99. The lowest BCUT2D eigenvalue weighted by Crippen LogP contribution is -2.30. The number of carbonyl (C=O) groups is 1. The second-order valence-corrected chi connectivity index (χ2v) is 6.20. The number of furan rings is 1. The Morgan fingerprint density at radius 2 is 2.04 bits per heavy atom. The molecule has 5 heteroatoms. The van der Waals surface area contributed by atoms with Crippen molar-refractivity contribution in [3.8, 4) is 11.8 Å². The van der Waals surface area contributed by atoms with Gasteiger partial charge in [-0.15, -0.1) is 6.58 Å². The number of ether oxygens (including phenoxy) is 1. The van der Waals surface area contributed by atoms with Crippen molar-refractivity contribution in [3.63, 3.8) is 0 Å². The summed E-state index contributed by atoms with van der Waals surface area (Å²) in [7, 11) is 1.60. The fourth-order valence-electron chi connectivity index (χ4n) is 2.95. The lowest BCUT2D eigenvalue weighted by molar-refractivity contribution is 0.0732. The van der Waals surface area contributed by atoms with Crippen LogP contribution in [0.5, 0.6) is 5.75 Å². The Balaban J connectivity index is 1.92. The van der Waals surface area contributed by atoms with Gasteiger partial charge < -0.3 is 14.1 Å². The largest absolute Gasteiger partial charge is 0.497 e. The molecule has 0 unspecified atom stereocenters. The van der Waals surface area contributed by atoms with E-state index < -0.39 is 0 Å². The second-order valence-electron chi connectivity index (χ2n) is 6.20. The van der Waals surface area contributed by atoms with Crippen molar-refractivity contribution < 1.29 is 13.9 Å². The van der Waals surface area contributed by atoms with Gasteiger partial charge >= 0.3 is 0 Å². The van der Waals surface area contributed by atoms with Crippen LogP contribution in [0.15, 0.2) is 59.5 Å². The highest BCUT2D eigenvalue weighted by Crippen LogP contribution is 2.29. The van der Waals surface area contributed by atoms with Gasteiger partial charge in [0.25, 0.3) is 5.91 Å². The van der Waals surface area contributed by atoms with Crippen molar-refractivity contribution in [2.45, 2.75) is 13.5 Å². The molecular weight excluding hydrogens is 340 g/mol. The average molecular weight is 360 g/mol. The fraction of sp³-hybridized carbons (Fsp3) is 0.182. The summed E-state index contributed by atoms with van der Waals surface area (Å²) in [5.74, 6) is 0.826. The lowest BCUT2D eigenvalue weighted by atomic mass is 10.1. The molecule has 1 heterocycles. The summed E-state index contributed by atoms with van der Waals surface area (Å²) in [6, 6.07) is 14.7. The molecule has 0 radical (unpaired) electrons. The molecule has 0 spiro atoms. The normalized spacial score (nSPS) is 10.4. The fourth-order valence-corrected chi connectivity index (χ4v) is 2.95. The number of carbonyl (C=O) groups excluding carboxylic acids is 1. The summed E-state index contributed by atoms with van der Waals surface area (Å²) in [6.07, 6.45) is 1.68. The number of rotatable bonds is 6. The monoisotopic (exact) mass is 360 g/mol. The zero-order chi connectivity index (χ0) is 19.4. The van der Waals surface area contributed by atoms with Crippen LogP contribution in [0.2, 0.25) is 0 Å². The van der Waals surface area contributed by atoms with E-state index in [0.717, 1.165) is 16.5 Å². The molecule has 0 atom stereocenters. The van der Waals surface area contributed by atoms with Crippen molar-refractivity contribution in [1.29, 1.82) is 5.26 Å². The van der Waals surface area contributed by atoms with Gasteiger partial charge in [-0.1, -0.05) is 18.2 Å². The van der Waals surface area contributed by atoms with E-state index in [1.54, 1.807) is 42.4 Å². The number of nitriles is 1. The van der Waals surface area contributed by atoms with Crippen molar-refractivity contribution in [2.75, 3.05) is 13.7 Å². The maximum Gasteiger partial charge on any atom is 0.290 e. The van der Waals surface area contributed by atoms with Crippen molar-refractivity contribution in [2.24, 2.45) is 0 Å². The Morgan fingerprint density at radius 1 is 1.30 bits per heavy atom. The highest BCUT2D eigenvalue weighted by Gasteiger charge is 2.23. The number of fused-ring (bicyclic) bond motifs is 1. The smallest absolute Gasteiger partial charge is 0.290 e. The van der Waals surface area contributed by atoms with Crippen LogP contribution < -0.4 is 4.74 Å². The zero-order valence-corrected chi connectivity index (χ0v) is 15.4. The average Bonchev–Trinajstić information content (AvgIpc) is 3.03. The number of aryl methyl sites for hydroxylation is 1.